The molecule has 0 spiro atoms. The van der Waals surface area contributed by atoms with Gasteiger partial charge in [0, 0.05) is 6.07 Å². The Morgan fingerprint density at radius 2 is 2.05 bits per heavy atom. The summed E-state index contributed by atoms with van der Waals surface area (Å²) in [4.78, 5) is 11.2. The van der Waals surface area contributed by atoms with E-state index in [4.69, 9.17) is 25.6 Å². The van der Waals surface area contributed by atoms with Crippen molar-refractivity contribution in [2.75, 3.05) is 12.8 Å². The predicted octanol–water partition coefficient (Wildman–Crippen LogP) is 2.64. The van der Waals surface area contributed by atoms with Crippen LogP contribution in [0.25, 0.3) is 0 Å². The molecule has 0 atom stereocenters. The largest absolute Gasteiger partial charge is 0.493 e. The molecule has 0 radical (unpaired) electrons. The standard InChI is InChI=1S/C15H12N2O4/c1-20-13-7-9(8-16)5-6-12(13)21-14-10(15(18)19)3-2-4-11(14)17/h2-7H,17H2,1H3,(H,18,19). The molecule has 0 saturated heterocycles. The number of para-hydroxylation sites is 1. The lowest BCUT2D eigenvalue weighted by molar-refractivity contribution is 0.0694. The predicted molar refractivity (Wildman–Crippen MR) is 75.6 cm³/mol. The number of methoxy groups -OCH3 is 1. The van der Waals surface area contributed by atoms with Crippen LogP contribution in [0.1, 0.15) is 15.9 Å². The minimum atomic E-state index is -1.15. The van der Waals surface area contributed by atoms with Crippen molar-refractivity contribution in [3.05, 3.63) is 47.5 Å². The van der Waals surface area contributed by atoms with Gasteiger partial charge in [-0.15, -0.1) is 0 Å². The topological polar surface area (TPSA) is 106 Å². The molecule has 0 aromatic heterocycles. The summed E-state index contributed by atoms with van der Waals surface area (Å²) >= 11 is 0. The number of carboxylic acids is 1. The molecule has 0 aliphatic carbocycles. The van der Waals surface area contributed by atoms with Crippen LogP contribution in [0.3, 0.4) is 0 Å². The van der Waals surface area contributed by atoms with E-state index in [1.54, 1.807) is 0 Å². The zero-order valence-electron chi connectivity index (χ0n) is 11.2. The molecule has 2 aromatic rings. The van der Waals surface area contributed by atoms with E-state index in [1.807, 2.05) is 6.07 Å². The van der Waals surface area contributed by atoms with Crippen LogP contribution < -0.4 is 15.2 Å². The number of ether oxygens (including phenoxy) is 2. The van der Waals surface area contributed by atoms with Crippen LogP contribution in [0.15, 0.2) is 36.4 Å². The highest BCUT2D eigenvalue weighted by atomic mass is 16.5. The Morgan fingerprint density at radius 3 is 2.67 bits per heavy atom. The second-order valence-electron chi connectivity index (χ2n) is 4.11. The highest BCUT2D eigenvalue weighted by molar-refractivity contribution is 5.93. The highest BCUT2D eigenvalue weighted by Crippen LogP contribution is 2.36. The fourth-order valence-corrected chi connectivity index (χ4v) is 1.77. The fraction of sp³-hybridized carbons (Fsp3) is 0.0667. The summed E-state index contributed by atoms with van der Waals surface area (Å²) in [5, 5.41) is 18.0. The van der Waals surface area contributed by atoms with Crippen molar-refractivity contribution in [1.82, 2.24) is 0 Å². The van der Waals surface area contributed by atoms with E-state index in [0.29, 0.717) is 11.3 Å². The first-order valence-electron chi connectivity index (χ1n) is 5.94. The summed E-state index contributed by atoms with van der Waals surface area (Å²) in [6, 6.07) is 11.0. The van der Waals surface area contributed by atoms with Crippen molar-refractivity contribution in [1.29, 1.82) is 5.26 Å². The van der Waals surface area contributed by atoms with E-state index < -0.39 is 5.97 Å². The van der Waals surface area contributed by atoms with Gasteiger partial charge in [0.1, 0.15) is 5.56 Å². The first kappa shape index (κ1) is 14.2. The van der Waals surface area contributed by atoms with Crippen LogP contribution in [0, 0.1) is 11.3 Å². The van der Waals surface area contributed by atoms with Crippen LogP contribution in [-0.4, -0.2) is 18.2 Å². The quantitative estimate of drug-likeness (QED) is 0.836. The second-order valence-corrected chi connectivity index (χ2v) is 4.11. The van der Waals surface area contributed by atoms with Gasteiger partial charge in [-0.1, -0.05) is 6.07 Å². The number of aromatic carboxylic acids is 1. The van der Waals surface area contributed by atoms with Gasteiger partial charge in [0.25, 0.3) is 0 Å². The van der Waals surface area contributed by atoms with E-state index in [2.05, 4.69) is 0 Å². The Bertz CT molecular complexity index is 735. The summed E-state index contributed by atoms with van der Waals surface area (Å²) in [5.41, 5.74) is 6.32. The summed E-state index contributed by atoms with van der Waals surface area (Å²) in [7, 11) is 1.43. The molecule has 0 bridgehead atoms. The van der Waals surface area contributed by atoms with E-state index in [0.717, 1.165) is 0 Å². The molecular weight excluding hydrogens is 272 g/mol. The molecule has 0 fully saturated rings. The molecule has 0 heterocycles. The Labute approximate surface area is 120 Å². The summed E-state index contributed by atoms with van der Waals surface area (Å²) in [6.45, 7) is 0. The van der Waals surface area contributed by atoms with E-state index in [9.17, 15) is 4.79 Å². The van der Waals surface area contributed by atoms with Crippen LogP contribution >= 0.6 is 0 Å². The molecular formula is C15H12N2O4. The van der Waals surface area contributed by atoms with Crippen molar-refractivity contribution in [3.63, 3.8) is 0 Å². The van der Waals surface area contributed by atoms with Crippen molar-refractivity contribution < 1.29 is 19.4 Å². The molecule has 2 aromatic carbocycles. The number of rotatable bonds is 4. The Morgan fingerprint density at radius 1 is 1.29 bits per heavy atom. The molecule has 106 valence electrons. The number of anilines is 1. The number of nitriles is 1. The lowest BCUT2D eigenvalue weighted by Crippen LogP contribution is -2.03. The van der Waals surface area contributed by atoms with Gasteiger partial charge in [-0.3, -0.25) is 0 Å². The highest BCUT2D eigenvalue weighted by Gasteiger charge is 2.17. The molecule has 0 unspecified atom stereocenters. The molecule has 0 saturated carbocycles. The van der Waals surface area contributed by atoms with E-state index in [-0.39, 0.29) is 22.7 Å². The average molecular weight is 284 g/mol. The smallest absolute Gasteiger partial charge is 0.339 e. The zero-order chi connectivity index (χ0) is 15.4. The van der Waals surface area contributed by atoms with Crippen molar-refractivity contribution in [2.24, 2.45) is 0 Å². The first-order valence-corrected chi connectivity index (χ1v) is 5.94. The third kappa shape index (κ3) is 2.87. The van der Waals surface area contributed by atoms with Crippen molar-refractivity contribution in [2.45, 2.75) is 0 Å². The normalized spacial score (nSPS) is 9.71. The molecule has 21 heavy (non-hydrogen) atoms. The van der Waals surface area contributed by atoms with Gasteiger partial charge in [-0.2, -0.15) is 5.26 Å². The summed E-state index contributed by atoms with van der Waals surface area (Å²) in [5.74, 6) is -0.525. The zero-order valence-corrected chi connectivity index (χ0v) is 11.2. The number of nitrogens with zero attached hydrogens (tertiary/aromatic N) is 1. The maximum absolute atomic E-state index is 11.2. The van der Waals surface area contributed by atoms with E-state index >= 15 is 0 Å². The lowest BCUT2D eigenvalue weighted by Gasteiger charge is -2.14. The number of hydrogen-bond donors (Lipinski definition) is 2. The third-order valence-electron chi connectivity index (χ3n) is 2.78. The van der Waals surface area contributed by atoms with Gasteiger partial charge in [-0.05, 0) is 24.3 Å². The molecule has 0 aliphatic rings. The minimum Gasteiger partial charge on any atom is -0.493 e. The van der Waals surface area contributed by atoms with Gasteiger partial charge >= 0.3 is 5.97 Å². The van der Waals surface area contributed by atoms with Crippen LogP contribution in [0.5, 0.6) is 17.2 Å². The van der Waals surface area contributed by atoms with Gasteiger partial charge < -0.3 is 20.3 Å². The van der Waals surface area contributed by atoms with Gasteiger partial charge in [0.15, 0.2) is 17.2 Å². The maximum atomic E-state index is 11.2. The van der Waals surface area contributed by atoms with Gasteiger partial charge in [0.2, 0.25) is 0 Å². The molecule has 0 aliphatic heterocycles. The SMILES string of the molecule is COc1cc(C#N)ccc1Oc1c(N)cccc1C(=O)O. The number of carbonyl (C=O) groups is 1. The number of carboxylic acid groups (broad SMARTS) is 1. The maximum Gasteiger partial charge on any atom is 0.339 e. The average Bonchev–Trinajstić information content (AvgIpc) is 2.49. The summed E-state index contributed by atoms with van der Waals surface area (Å²) in [6.07, 6.45) is 0. The molecule has 6 nitrogen and oxygen atoms in total. The third-order valence-corrected chi connectivity index (χ3v) is 2.78. The Kier molecular flexibility index (Phi) is 3.95. The van der Waals surface area contributed by atoms with Crippen LogP contribution in [0.2, 0.25) is 0 Å². The molecule has 3 N–H and O–H groups in total. The van der Waals surface area contributed by atoms with Crippen LogP contribution in [0.4, 0.5) is 5.69 Å². The lowest BCUT2D eigenvalue weighted by atomic mass is 10.1. The monoisotopic (exact) mass is 284 g/mol. The second kappa shape index (κ2) is 5.84. The molecule has 6 heteroatoms. The summed E-state index contributed by atoms with van der Waals surface area (Å²) < 4.78 is 10.7. The first-order chi connectivity index (χ1) is 10.1. The van der Waals surface area contributed by atoms with E-state index in [1.165, 1.54) is 43.5 Å². The number of benzene rings is 2. The van der Waals surface area contributed by atoms with Crippen molar-refractivity contribution >= 4 is 11.7 Å². The van der Waals surface area contributed by atoms with Crippen molar-refractivity contribution in [3.8, 4) is 23.3 Å². The Hall–Kier alpha value is -3.20. The number of hydrogen-bond acceptors (Lipinski definition) is 5. The number of nitrogen functional groups attached to an aromatic ring is 1. The minimum absolute atomic E-state index is 0.0352. The van der Waals surface area contributed by atoms with Gasteiger partial charge in [-0.25, -0.2) is 4.79 Å². The molecule has 0 amide bonds. The van der Waals surface area contributed by atoms with Crippen LogP contribution in [-0.2, 0) is 0 Å². The fourth-order valence-electron chi connectivity index (χ4n) is 1.77. The number of nitrogens with two attached hydrogens (primary N) is 1. The molecule has 2 rings (SSSR count). The Balaban J connectivity index is 2.48. The van der Waals surface area contributed by atoms with Gasteiger partial charge in [0.05, 0.1) is 24.4 Å².